The second kappa shape index (κ2) is 7.46. The summed E-state index contributed by atoms with van der Waals surface area (Å²) in [7, 11) is 4.71. The molecule has 108 valence electrons. The van der Waals surface area contributed by atoms with Gasteiger partial charge in [-0.1, -0.05) is 0 Å². The van der Waals surface area contributed by atoms with E-state index in [0.29, 0.717) is 0 Å². The molecule has 0 aromatic carbocycles. The highest BCUT2D eigenvalue weighted by Crippen LogP contribution is 2.15. The number of ether oxygens (including phenoxy) is 1. The van der Waals surface area contributed by atoms with Gasteiger partial charge in [0.1, 0.15) is 13.1 Å². The zero-order chi connectivity index (χ0) is 13.5. The molecular formula is C15H34N2O+2. The van der Waals surface area contributed by atoms with Crippen LogP contribution in [0.25, 0.3) is 0 Å². The van der Waals surface area contributed by atoms with Gasteiger partial charge in [0.05, 0.1) is 53.5 Å². The molecule has 1 aliphatic rings. The molecule has 1 fully saturated rings. The van der Waals surface area contributed by atoms with Crippen molar-refractivity contribution in [2.75, 3.05) is 66.6 Å². The van der Waals surface area contributed by atoms with Crippen molar-refractivity contribution < 1.29 is 13.7 Å². The molecule has 0 aliphatic carbocycles. The number of likely N-dealkylation sites (tertiary alicyclic amines) is 1. The van der Waals surface area contributed by atoms with Crippen molar-refractivity contribution in [2.45, 2.75) is 33.1 Å². The van der Waals surface area contributed by atoms with Crippen LogP contribution in [-0.4, -0.2) is 75.5 Å². The lowest BCUT2D eigenvalue weighted by Gasteiger charge is -2.37. The third-order valence-electron chi connectivity index (χ3n) is 4.97. The van der Waals surface area contributed by atoms with Gasteiger partial charge in [0.2, 0.25) is 0 Å². The second-order valence-electron chi connectivity index (χ2n) is 6.44. The molecule has 0 bridgehead atoms. The van der Waals surface area contributed by atoms with E-state index in [1.54, 1.807) is 0 Å². The summed E-state index contributed by atoms with van der Waals surface area (Å²) in [5.74, 6) is 0. The van der Waals surface area contributed by atoms with Gasteiger partial charge >= 0.3 is 0 Å². The van der Waals surface area contributed by atoms with Gasteiger partial charge in [0.15, 0.2) is 0 Å². The van der Waals surface area contributed by atoms with Crippen molar-refractivity contribution in [1.29, 1.82) is 0 Å². The lowest BCUT2D eigenvalue weighted by molar-refractivity contribution is -0.915. The number of quaternary nitrogens is 2. The molecule has 0 saturated carbocycles. The Bertz CT molecular complexity index is 221. The van der Waals surface area contributed by atoms with Crippen molar-refractivity contribution >= 4 is 0 Å². The SMILES string of the molecule is CC[N+](C)(CC)CCOCC[N+]1(C)CCCCC1. The summed E-state index contributed by atoms with van der Waals surface area (Å²) in [4.78, 5) is 0. The smallest absolute Gasteiger partial charge is 0.102 e. The first-order valence-electron chi connectivity index (χ1n) is 7.78. The fourth-order valence-corrected chi connectivity index (χ4v) is 2.71. The Labute approximate surface area is 114 Å². The third kappa shape index (κ3) is 5.25. The molecule has 0 aromatic rings. The predicted molar refractivity (Wildman–Crippen MR) is 77.6 cm³/mol. The molecule has 3 nitrogen and oxygen atoms in total. The lowest BCUT2D eigenvalue weighted by Crippen LogP contribution is -2.50. The molecule has 1 saturated heterocycles. The fraction of sp³-hybridized carbons (Fsp3) is 1.00. The average molecular weight is 258 g/mol. The van der Waals surface area contributed by atoms with E-state index in [-0.39, 0.29) is 0 Å². The van der Waals surface area contributed by atoms with E-state index in [1.807, 2.05) is 0 Å². The topological polar surface area (TPSA) is 9.23 Å². The highest BCUT2D eigenvalue weighted by molar-refractivity contribution is 4.51. The van der Waals surface area contributed by atoms with Gasteiger partial charge in [-0.25, -0.2) is 0 Å². The molecule has 0 amide bonds. The van der Waals surface area contributed by atoms with Crippen molar-refractivity contribution in [3.63, 3.8) is 0 Å². The van der Waals surface area contributed by atoms with Crippen LogP contribution in [0.4, 0.5) is 0 Å². The van der Waals surface area contributed by atoms with E-state index in [4.69, 9.17) is 4.74 Å². The zero-order valence-corrected chi connectivity index (χ0v) is 13.1. The van der Waals surface area contributed by atoms with Crippen LogP contribution >= 0.6 is 0 Å². The number of nitrogens with zero attached hydrogens (tertiary/aromatic N) is 2. The maximum Gasteiger partial charge on any atom is 0.102 e. The maximum absolute atomic E-state index is 5.87. The molecule has 1 aliphatic heterocycles. The fourth-order valence-electron chi connectivity index (χ4n) is 2.71. The number of likely N-dealkylation sites (N-methyl/N-ethyl adjacent to an activating group) is 2. The van der Waals surface area contributed by atoms with Crippen molar-refractivity contribution in [3.05, 3.63) is 0 Å². The van der Waals surface area contributed by atoms with Crippen molar-refractivity contribution in [1.82, 2.24) is 0 Å². The molecule has 0 unspecified atom stereocenters. The summed E-state index contributed by atoms with van der Waals surface area (Å²) in [6.45, 7) is 13.8. The largest absolute Gasteiger partial charge is 0.370 e. The van der Waals surface area contributed by atoms with Gasteiger partial charge < -0.3 is 13.7 Å². The van der Waals surface area contributed by atoms with Gasteiger partial charge in [-0.15, -0.1) is 0 Å². The lowest BCUT2D eigenvalue weighted by atomic mass is 10.1. The first-order chi connectivity index (χ1) is 8.54. The standard InChI is InChI=1S/C15H34N2O/c1-5-16(3,6-2)12-14-18-15-13-17(4)10-8-7-9-11-17/h5-15H2,1-4H3/q+2. The van der Waals surface area contributed by atoms with Crippen LogP contribution in [0.1, 0.15) is 33.1 Å². The quantitative estimate of drug-likeness (QED) is 0.479. The molecule has 18 heavy (non-hydrogen) atoms. The van der Waals surface area contributed by atoms with Gasteiger partial charge in [0.25, 0.3) is 0 Å². The number of hydrogen-bond acceptors (Lipinski definition) is 1. The molecule has 3 heteroatoms. The Kier molecular flexibility index (Phi) is 6.61. The average Bonchev–Trinajstić information content (AvgIpc) is 2.39. The summed E-state index contributed by atoms with van der Waals surface area (Å²) in [6.07, 6.45) is 4.23. The number of piperidine rings is 1. The van der Waals surface area contributed by atoms with Crippen molar-refractivity contribution in [2.24, 2.45) is 0 Å². The predicted octanol–water partition coefficient (Wildman–Crippen LogP) is 2.12. The van der Waals surface area contributed by atoms with E-state index >= 15 is 0 Å². The van der Waals surface area contributed by atoms with Gasteiger partial charge in [-0.2, -0.15) is 0 Å². The first kappa shape index (κ1) is 15.9. The molecule has 0 N–H and O–H groups in total. The van der Waals surface area contributed by atoms with E-state index in [1.165, 1.54) is 56.5 Å². The van der Waals surface area contributed by atoms with Crippen LogP contribution in [0.3, 0.4) is 0 Å². The molecule has 1 heterocycles. The minimum Gasteiger partial charge on any atom is -0.370 e. The summed E-state index contributed by atoms with van der Waals surface area (Å²) in [5.41, 5.74) is 0. The van der Waals surface area contributed by atoms with E-state index in [9.17, 15) is 0 Å². The van der Waals surface area contributed by atoms with Crippen LogP contribution in [0, 0.1) is 0 Å². The molecule has 0 aromatic heterocycles. The molecule has 1 rings (SSSR count). The van der Waals surface area contributed by atoms with Gasteiger partial charge in [0, 0.05) is 0 Å². The van der Waals surface area contributed by atoms with Crippen LogP contribution < -0.4 is 0 Å². The summed E-state index contributed by atoms with van der Waals surface area (Å²) >= 11 is 0. The Balaban J connectivity index is 2.11. The Morgan fingerprint density at radius 1 is 1.00 bits per heavy atom. The normalized spacial score (nSPS) is 20.0. The third-order valence-corrected chi connectivity index (χ3v) is 4.97. The Morgan fingerprint density at radius 3 is 2.17 bits per heavy atom. The summed E-state index contributed by atoms with van der Waals surface area (Å²) in [6, 6.07) is 0. The van der Waals surface area contributed by atoms with Crippen LogP contribution in [0.2, 0.25) is 0 Å². The number of hydrogen-bond donors (Lipinski definition) is 0. The Morgan fingerprint density at radius 2 is 1.61 bits per heavy atom. The first-order valence-corrected chi connectivity index (χ1v) is 7.78. The summed E-state index contributed by atoms with van der Waals surface area (Å²) < 4.78 is 8.23. The highest BCUT2D eigenvalue weighted by Gasteiger charge is 2.24. The maximum atomic E-state index is 5.87. The monoisotopic (exact) mass is 258 g/mol. The van der Waals surface area contributed by atoms with Gasteiger partial charge in [-0.3, -0.25) is 0 Å². The highest BCUT2D eigenvalue weighted by atomic mass is 16.5. The molecule has 0 atom stereocenters. The van der Waals surface area contributed by atoms with Crippen LogP contribution in [0.5, 0.6) is 0 Å². The van der Waals surface area contributed by atoms with Gasteiger partial charge in [-0.05, 0) is 33.1 Å². The van der Waals surface area contributed by atoms with E-state index in [0.717, 1.165) is 24.2 Å². The minimum atomic E-state index is 0.915. The Hall–Kier alpha value is -0.120. The molecule has 0 spiro atoms. The van der Waals surface area contributed by atoms with Crippen LogP contribution in [-0.2, 0) is 4.74 Å². The number of rotatable bonds is 8. The van der Waals surface area contributed by atoms with Crippen LogP contribution in [0.15, 0.2) is 0 Å². The zero-order valence-electron chi connectivity index (χ0n) is 13.1. The minimum absolute atomic E-state index is 0.915. The van der Waals surface area contributed by atoms with E-state index < -0.39 is 0 Å². The van der Waals surface area contributed by atoms with Crippen molar-refractivity contribution in [3.8, 4) is 0 Å². The second-order valence-corrected chi connectivity index (χ2v) is 6.44. The molecular weight excluding hydrogens is 224 g/mol. The van der Waals surface area contributed by atoms with E-state index in [2.05, 4.69) is 27.9 Å². The summed E-state index contributed by atoms with van der Waals surface area (Å²) in [5, 5.41) is 0. The molecule has 0 radical (unpaired) electrons.